The minimum atomic E-state index is -2.27. The van der Waals surface area contributed by atoms with Gasteiger partial charge in [0, 0.05) is 25.0 Å². The highest BCUT2D eigenvalue weighted by Gasteiger charge is 2.42. The SMILES string of the molecule is CCOC(=O)N[C@H](C(=O)NN(Cc1ccc(OCC(C)C)cc1)C[C@H](CCc1ccccc1)NC(=O)[C@@](O)(NC(=O)OCC)C(C)C)C(C)C. The number of alkyl carbamates (subject to hydrolysis) is 2. The summed E-state index contributed by atoms with van der Waals surface area (Å²) in [6, 6.07) is 15.7. The van der Waals surface area contributed by atoms with Crippen LogP contribution in [-0.2, 0) is 32.0 Å². The van der Waals surface area contributed by atoms with Crippen LogP contribution in [0.1, 0.15) is 72.9 Å². The molecule has 0 saturated heterocycles. The first-order chi connectivity index (χ1) is 23.7. The molecule has 2 aromatic carbocycles. The molecule has 0 bridgehead atoms. The van der Waals surface area contributed by atoms with Crippen molar-refractivity contribution in [2.24, 2.45) is 17.8 Å². The molecule has 3 atom stereocenters. The van der Waals surface area contributed by atoms with Crippen LogP contribution in [0.3, 0.4) is 0 Å². The summed E-state index contributed by atoms with van der Waals surface area (Å²) in [6.45, 7) is 15.4. The van der Waals surface area contributed by atoms with Crippen molar-refractivity contribution in [2.45, 2.75) is 92.6 Å². The van der Waals surface area contributed by atoms with Gasteiger partial charge in [-0.25, -0.2) is 14.6 Å². The molecule has 0 saturated carbocycles. The van der Waals surface area contributed by atoms with E-state index in [9.17, 15) is 24.3 Å². The van der Waals surface area contributed by atoms with Crippen LogP contribution in [0, 0.1) is 17.8 Å². The third kappa shape index (κ3) is 14.2. The van der Waals surface area contributed by atoms with E-state index >= 15 is 0 Å². The van der Waals surface area contributed by atoms with E-state index in [1.165, 1.54) is 0 Å². The zero-order valence-electron chi connectivity index (χ0n) is 30.8. The normalized spacial score (nSPS) is 13.7. The van der Waals surface area contributed by atoms with E-state index in [1.807, 2.05) is 68.4 Å². The highest BCUT2D eigenvalue weighted by molar-refractivity contribution is 5.88. The third-order valence-electron chi connectivity index (χ3n) is 7.80. The van der Waals surface area contributed by atoms with Crippen LogP contribution in [-0.4, -0.2) is 78.3 Å². The molecule has 2 aromatic rings. The van der Waals surface area contributed by atoms with Crippen LogP contribution < -0.4 is 26.1 Å². The summed E-state index contributed by atoms with van der Waals surface area (Å²) in [5.74, 6) is -1.20. The fourth-order valence-corrected chi connectivity index (χ4v) is 4.93. The molecule has 0 radical (unpaired) electrons. The Morgan fingerprint density at radius 2 is 1.44 bits per heavy atom. The fraction of sp³-hybridized carbons (Fsp3) is 0.568. The lowest BCUT2D eigenvalue weighted by Gasteiger charge is -2.35. The maximum Gasteiger partial charge on any atom is 0.409 e. The van der Waals surface area contributed by atoms with Crippen molar-refractivity contribution in [2.75, 3.05) is 26.4 Å². The number of nitrogens with one attached hydrogen (secondary N) is 4. The lowest BCUT2D eigenvalue weighted by Crippen LogP contribution is -2.64. The number of hydrogen-bond donors (Lipinski definition) is 5. The van der Waals surface area contributed by atoms with Crippen molar-refractivity contribution < 1.29 is 38.5 Å². The Morgan fingerprint density at radius 3 is 2.00 bits per heavy atom. The molecule has 13 heteroatoms. The fourth-order valence-electron chi connectivity index (χ4n) is 4.93. The zero-order chi connectivity index (χ0) is 37.3. The number of rotatable bonds is 20. The van der Waals surface area contributed by atoms with Gasteiger partial charge in [-0.1, -0.05) is 84.0 Å². The topological polar surface area (TPSA) is 168 Å². The van der Waals surface area contributed by atoms with Gasteiger partial charge in [0.1, 0.15) is 11.8 Å². The van der Waals surface area contributed by atoms with Crippen LogP contribution in [0.25, 0.3) is 0 Å². The van der Waals surface area contributed by atoms with Gasteiger partial charge < -0.3 is 30.0 Å². The largest absolute Gasteiger partial charge is 0.493 e. The third-order valence-corrected chi connectivity index (χ3v) is 7.80. The van der Waals surface area contributed by atoms with E-state index in [1.54, 1.807) is 32.7 Å². The second-order valence-electron chi connectivity index (χ2n) is 13.3. The van der Waals surface area contributed by atoms with E-state index in [0.29, 0.717) is 31.1 Å². The second-order valence-corrected chi connectivity index (χ2v) is 13.3. The van der Waals surface area contributed by atoms with E-state index in [0.717, 1.165) is 11.1 Å². The van der Waals surface area contributed by atoms with Crippen LogP contribution in [0.15, 0.2) is 54.6 Å². The molecule has 0 aliphatic heterocycles. The summed E-state index contributed by atoms with van der Waals surface area (Å²) in [5.41, 5.74) is 2.55. The number of hydrogen-bond acceptors (Lipinski definition) is 9. The summed E-state index contributed by atoms with van der Waals surface area (Å²) in [6.07, 6.45) is -0.644. The van der Waals surface area contributed by atoms with Crippen LogP contribution in [0.4, 0.5) is 9.59 Å². The first-order valence-corrected chi connectivity index (χ1v) is 17.4. The Morgan fingerprint density at radius 1 is 0.820 bits per heavy atom. The number of aliphatic hydroxyl groups is 1. The quantitative estimate of drug-likeness (QED) is 0.0985. The van der Waals surface area contributed by atoms with Crippen molar-refractivity contribution in [1.82, 2.24) is 26.4 Å². The highest BCUT2D eigenvalue weighted by atomic mass is 16.6. The molecule has 0 aliphatic carbocycles. The van der Waals surface area contributed by atoms with Gasteiger partial charge >= 0.3 is 12.2 Å². The number of carbonyl (C=O) groups is 4. The van der Waals surface area contributed by atoms with Crippen LogP contribution >= 0.6 is 0 Å². The smallest absolute Gasteiger partial charge is 0.409 e. The number of carbonyl (C=O) groups excluding carboxylic acids is 4. The van der Waals surface area contributed by atoms with Gasteiger partial charge in [-0.3, -0.25) is 20.3 Å². The Kier molecular flexibility index (Phi) is 17.6. The maximum absolute atomic E-state index is 13.7. The Balaban J connectivity index is 2.45. The number of hydrazine groups is 1. The molecule has 0 aliphatic rings. The molecule has 0 spiro atoms. The van der Waals surface area contributed by atoms with Gasteiger partial charge in [0.15, 0.2) is 0 Å². The predicted octanol–water partition coefficient (Wildman–Crippen LogP) is 4.53. The molecule has 50 heavy (non-hydrogen) atoms. The Labute approximate surface area is 296 Å². The summed E-state index contributed by atoms with van der Waals surface area (Å²) < 4.78 is 15.8. The van der Waals surface area contributed by atoms with Crippen molar-refractivity contribution >= 4 is 24.0 Å². The molecule has 13 nitrogen and oxygen atoms in total. The van der Waals surface area contributed by atoms with Crippen LogP contribution in [0.5, 0.6) is 5.75 Å². The summed E-state index contributed by atoms with van der Waals surface area (Å²) in [4.78, 5) is 52.1. The number of amides is 4. The van der Waals surface area contributed by atoms with Gasteiger partial charge in [0.2, 0.25) is 5.72 Å². The number of benzene rings is 2. The van der Waals surface area contributed by atoms with Gasteiger partial charge in [-0.05, 0) is 61.8 Å². The summed E-state index contributed by atoms with van der Waals surface area (Å²) in [5, 5.41) is 20.9. The minimum Gasteiger partial charge on any atom is -0.493 e. The zero-order valence-corrected chi connectivity index (χ0v) is 30.8. The molecule has 278 valence electrons. The molecule has 2 rings (SSSR count). The lowest BCUT2D eigenvalue weighted by molar-refractivity contribution is -0.149. The van der Waals surface area contributed by atoms with E-state index in [2.05, 4.69) is 35.2 Å². The minimum absolute atomic E-state index is 0.0587. The van der Waals surface area contributed by atoms with Crippen molar-refractivity contribution in [3.8, 4) is 5.75 Å². The molecule has 4 amide bonds. The first kappa shape index (κ1) is 41.8. The van der Waals surface area contributed by atoms with Crippen LogP contribution in [0.2, 0.25) is 0 Å². The number of nitrogens with zero attached hydrogens (tertiary/aromatic N) is 1. The van der Waals surface area contributed by atoms with Gasteiger partial charge in [-0.15, -0.1) is 0 Å². The predicted molar refractivity (Wildman–Crippen MR) is 191 cm³/mol. The molecular weight excluding hydrogens is 642 g/mol. The number of aryl methyl sites for hydroxylation is 1. The molecule has 0 unspecified atom stereocenters. The lowest BCUT2D eigenvalue weighted by atomic mass is 9.97. The maximum atomic E-state index is 13.7. The second kappa shape index (κ2) is 21.0. The molecule has 5 N–H and O–H groups in total. The standard InChI is InChI=1S/C37H57N5O8/c1-9-48-35(45)39-32(26(5)6)33(43)41-42(22-29-17-20-31(21-18-29)50-24-25(3)4)23-30(19-16-28-14-12-11-13-15-28)38-34(44)37(47,27(7)8)40-36(46)49-10-2/h11-15,17-18,20-21,25-27,30,32,47H,9-10,16,19,22-24H2,1-8H3,(H,38,44)(H,39,45)(H,40,46)(H,41,43)/t30-,32-,37+/m0/s1. The summed E-state index contributed by atoms with van der Waals surface area (Å²) >= 11 is 0. The average Bonchev–Trinajstić information content (AvgIpc) is 3.06. The van der Waals surface area contributed by atoms with E-state index < -0.39 is 47.7 Å². The Hall–Kier alpha value is -4.36. The monoisotopic (exact) mass is 699 g/mol. The van der Waals surface area contributed by atoms with E-state index in [-0.39, 0.29) is 32.2 Å². The van der Waals surface area contributed by atoms with E-state index in [4.69, 9.17) is 14.2 Å². The molecule has 0 fully saturated rings. The molecule has 0 aromatic heterocycles. The highest BCUT2D eigenvalue weighted by Crippen LogP contribution is 2.18. The van der Waals surface area contributed by atoms with Crippen molar-refractivity contribution in [3.05, 3.63) is 65.7 Å². The van der Waals surface area contributed by atoms with Crippen molar-refractivity contribution in [1.29, 1.82) is 0 Å². The van der Waals surface area contributed by atoms with Gasteiger partial charge in [-0.2, -0.15) is 0 Å². The van der Waals surface area contributed by atoms with Gasteiger partial charge in [0.05, 0.1) is 19.8 Å². The number of ether oxygens (including phenoxy) is 3. The molecular formula is C37H57N5O8. The summed E-state index contributed by atoms with van der Waals surface area (Å²) in [7, 11) is 0. The van der Waals surface area contributed by atoms with Crippen molar-refractivity contribution in [3.63, 3.8) is 0 Å². The average molecular weight is 700 g/mol. The molecule has 0 heterocycles. The first-order valence-electron chi connectivity index (χ1n) is 17.4. The Bertz CT molecular complexity index is 1340. The van der Waals surface area contributed by atoms with Gasteiger partial charge in [0.25, 0.3) is 11.8 Å².